The second-order valence-electron chi connectivity index (χ2n) is 7.92. The number of piperidine rings is 1. The average Bonchev–Trinajstić information content (AvgIpc) is 2.75. The van der Waals surface area contributed by atoms with Crippen molar-refractivity contribution in [2.24, 2.45) is 5.92 Å². The van der Waals surface area contributed by atoms with E-state index in [-0.39, 0.29) is 24.1 Å². The summed E-state index contributed by atoms with van der Waals surface area (Å²) in [6.07, 6.45) is 1.34. The molecule has 2 aromatic carbocycles. The lowest BCUT2D eigenvalue weighted by molar-refractivity contribution is -0.126. The highest BCUT2D eigenvalue weighted by molar-refractivity contribution is 7.88. The summed E-state index contributed by atoms with van der Waals surface area (Å²) in [6, 6.07) is 12.7. The molecule has 0 bridgehead atoms. The number of nitrogens with one attached hydrogen (secondary N) is 1. The van der Waals surface area contributed by atoms with Gasteiger partial charge in [0.2, 0.25) is 15.9 Å². The summed E-state index contributed by atoms with van der Waals surface area (Å²) in [7, 11) is -3.50. The van der Waals surface area contributed by atoms with Gasteiger partial charge in [-0.2, -0.15) is 0 Å². The van der Waals surface area contributed by atoms with Crippen molar-refractivity contribution in [3.05, 3.63) is 64.2 Å². The SMILES string of the molecule is Cc1cccc(OCCNC(=O)C2CCCN(S(=O)(=O)Cc3ccc(Cl)cc3)C2)c1C. The van der Waals surface area contributed by atoms with Crippen LogP contribution in [0.1, 0.15) is 29.5 Å². The number of amides is 1. The predicted molar refractivity (Wildman–Crippen MR) is 123 cm³/mol. The second kappa shape index (κ2) is 10.5. The molecule has 2 aromatic rings. The summed E-state index contributed by atoms with van der Waals surface area (Å²) in [6.45, 7) is 5.42. The Labute approximate surface area is 189 Å². The molecule has 0 saturated carbocycles. The number of rotatable bonds is 8. The molecule has 1 unspecified atom stereocenters. The second-order valence-corrected chi connectivity index (χ2v) is 10.3. The van der Waals surface area contributed by atoms with Crippen LogP contribution in [0.25, 0.3) is 0 Å². The maximum Gasteiger partial charge on any atom is 0.224 e. The van der Waals surface area contributed by atoms with Crippen LogP contribution >= 0.6 is 11.6 Å². The Balaban J connectivity index is 1.49. The van der Waals surface area contributed by atoms with Crippen LogP contribution in [-0.2, 0) is 20.6 Å². The molecule has 1 aliphatic rings. The summed E-state index contributed by atoms with van der Waals surface area (Å²) in [5.74, 6) is 0.235. The van der Waals surface area contributed by atoms with Crippen molar-refractivity contribution < 1.29 is 17.9 Å². The van der Waals surface area contributed by atoms with E-state index in [0.717, 1.165) is 16.9 Å². The summed E-state index contributed by atoms with van der Waals surface area (Å²) < 4.78 is 32.9. The fraction of sp³-hybridized carbons (Fsp3) is 0.435. The molecule has 1 aliphatic heterocycles. The smallest absolute Gasteiger partial charge is 0.224 e. The van der Waals surface area contributed by atoms with E-state index in [9.17, 15) is 13.2 Å². The molecule has 3 rings (SSSR count). The molecule has 0 aliphatic carbocycles. The summed E-state index contributed by atoms with van der Waals surface area (Å²) in [4.78, 5) is 12.6. The molecule has 31 heavy (non-hydrogen) atoms. The zero-order chi connectivity index (χ0) is 22.4. The van der Waals surface area contributed by atoms with Gasteiger partial charge in [-0.25, -0.2) is 12.7 Å². The molecule has 1 atom stereocenters. The Kier molecular flexibility index (Phi) is 7.97. The van der Waals surface area contributed by atoms with Crippen LogP contribution in [-0.4, -0.2) is 44.9 Å². The molecule has 0 spiro atoms. The van der Waals surface area contributed by atoms with E-state index >= 15 is 0 Å². The molecular weight excluding hydrogens is 436 g/mol. The van der Waals surface area contributed by atoms with Crippen LogP contribution in [0.2, 0.25) is 5.02 Å². The van der Waals surface area contributed by atoms with Gasteiger partial charge >= 0.3 is 0 Å². The lowest BCUT2D eigenvalue weighted by Crippen LogP contribution is -2.46. The maximum absolute atomic E-state index is 12.8. The normalized spacial score (nSPS) is 17.3. The highest BCUT2D eigenvalue weighted by atomic mass is 35.5. The Bertz CT molecular complexity index is 1010. The van der Waals surface area contributed by atoms with E-state index in [0.29, 0.717) is 43.1 Å². The number of carbonyl (C=O) groups is 1. The van der Waals surface area contributed by atoms with E-state index in [2.05, 4.69) is 5.32 Å². The first kappa shape index (κ1) is 23.6. The van der Waals surface area contributed by atoms with Crippen LogP contribution in [0.15, 0.2) is 42.5 Å². The number of halogens is 1. The summed E-state index contributed by atoms with van der Waals surface area (Å²) >= 11 is 5.87. The highest BCUT2D eigenvalue weighted by Gasteiger charge is 2.32. The largest absolute Gasteiger partial charge is 0.491 e. The van der Waals surface area contributed by atoms with Crippen LogP contribution < -0.4 is 10.1 Å². The minimum absolute atomic E-state index is 0.0950. The lowest BCUT2D eigenvalue weighted by Gasteiger charge is -2.31. The van der Waals surface area contributed by atoms with Crippen molar-refractivity contribution in [2.75, 3.05) is 26.2 Å². The summed E-state index contributed by atoms with van der Waals surface area (Å²) in [5, 5.41) is 3.45. The van der Waals surface area contributed by atoms with E-state index < -0.39 is 10.0 Å². The van der Waals surface area contributed by atoms with Gasteiger partial charge in [-0.3, -0.25) is 4.79 Å². The van der Waals surface area contributed by atoms with Crippen LogP contribution in [0, 0.1) is 19.8 Å². The zero-order valence-corrected chi connectivity index (χ0v) is 19.5. The van der Waals surface area contributed by atoms with E-state index in [1.165, 1.54) is 4.31 Å². The number of hydrogen-bond acceptors (Lipinski definition) is 4. The molecule has 1 amide bonds. The molecule has 0 aromatic heterocycles. The number of aryl methyl sites for hydroxylation is 1. The lowest BCUT2D eigenvalue weighted by atomic mass is 9.99. The molecule has 8 heteroatoms. The van der Waals surface area contributed by atoms with Gasteiger partial charge in [0, 0.05) is 18.1 Å². The number of carbonyl (C=O) groups excluding carboxylic acids is 1. The minimum Gasteiger partial charge on any atom is -0.491 e. The van der Waals surface area contributed by atoms with Crippen LogP contribution in [0.5, 0.6) is 5.75 Å². The number of nitrogens with zero attached hydrogens (tertiary/aromatic N) is 1. The van der Waals surface area contributed by atoms with Gasteiger partial charge in [-0.1, -0.05) is 35.9 Å². The number of hydrogen-bond donors (Lipinski definition) is 1. The first-order chi connectivity index (χ1) is 14.8. The van der Waals surface area contributed by atoms with Gasteiger partial charge in [-0.15, -0.1) is 0 Å². The fourth-order valence-corrected chi connectivity index (χ4v) is 5.39. The zero-order valence-electron chi connectivity index (χ0n) is 17.9. The molecule has 6 nitrogen and oxygen atoms in total. The van der Waals surface area contributed by atoms with E-state index in [4.69, 9.17) is 16.3 Å². The van der Waals surface area contributed by atoms with Crippen LogP contribution in [0.4, 0.5) is 0 Å². The molecule has 1 fully saturated rings. The summed E-state index contributed by atoms with van der Waals surface area (Å²) in [5.41, 5.74) is 2.92. The molecule has 1 heterocycles. The Morgan fingerprint density at radius 3 is 2.68 bits per heavy atom. The first-order valence-corrected chi connectivity index (χ1v) is 12.4. The monoisotopic (exact) mass is 464 g/mol. The van der Waals surface area contributed by atoms with Crippen molar-refractivity contribution >= 4 is 27.5 Å². The van der Waals surface area contributed by atoms with Crippen molar-refractivity contribution in [1.82, 2.24) is 9.62 Å². The first-order valence-electron chi connectivity index (χ1n) is 10.5. The maximum atomic E-state index is 12.8. The van der Waals surface area contributed by atoms with E-state index in [1.54, 1.807) is 24.3 Å². The van der Waals surface area contributed by atoms with E-state index in [1.807, 2.05) is 32.0 Å². The van der Waals surface area contributed by atoms with Crippen LogP contribution in [0.3, 0.4) is 0 Å². The third-order valence-corrected chi connectivity index (χ3v) is 7.69. The Morgan fingerprint density at radius 2 is 1.94 bits per heavy atom. The Morgan fingerprint density at radius 1 is 1.19 bits per heavy atom. The van der Waals surface area contributed by atoms with Gasteiger partial charge < -0.3 is 10.1 Å². The van der Waals surface area contributed by atoms with Crippen molar-refractivity contribution in [3.8, 4) is 5.75 Å². The average molecular weight is 465 g/mol. The van der Waals surface area contributed by atoms with Gasteiger partial charge in [0.1, 0.15) is 12.4 Å². The third-order valence-electron chi connectivity index (χ3n) is 5.62. The Hall–Kier alpha value is -2.09. The third kappa shape index (κ3) is 6.45. The topological polar surface area (TPSA) is 75.7 Å². The standard InChI is InChI=1S/C23H29ClN2O4S/c1-17-5-3-7-22(18(17)2)30-14-12-25-23(27)20-6-4-13-26(15-20)31(28,29)16-19-8-10-21(24)11-9-19/h3,5,7-11,20H,4,6,12-16H2,1-2H3,(H,25,27). The number of benzene rings is 2. The van der Waals surface area contributed by atoms with Crippen molar-refractivity contribution in [3.63, 3.8) is 0 Å². The number of ether oxygens (including phenoxy) is 1. The fourth-order valence-electron chi connectivity index (χ4n) is 3.65. The van der Waals surface area contributed by atoms with Gasteiger partial charge in [-0.05, 0) is 61.6 Å². The molecule has 1 saturated heterocycles. The molecule has 0 radical (unpaired) electrons. The predicted octanol–water partition coefficient (Wildman–Crippen LogP) is 3.69. The quantitative estimate of drug-likeness (QED) is 0.604. The van der Waals surface area contributed by atoms with Gasteiger partial charge in [0.25, 0.3) is 0 Å². The molecule has 1 N–H and O–H groups in total. The van der Waals surface area contributed by atoms with Crippen molar-refractivity contribution in [2.45, 2.75) is 32.4 Å². The molecular formula is C23H29ClN2O4S. The van der Waals surface area contributed by atoms with Gasteiger partial charge in [0.05, 0.1) is 18.2 Å². The van der Waals surface area contributed by atoms with Crippen molar-refractivity contribution in [1.29, 1.82) is 0 Å². The highest BCUT2D eigenvalue weighted by Crippen LogP contribution is 2.23. The number of sulfonamides is 1. The molecule has 168 valence electrons. The minimum atomic E-state index is -3.50. The van der Waals surface area contributed by atoms with Gasteiger partial charge in [0.15, 0.2) is 0 Å².